The molecule has 0 aromatic heterocycles. The van der Waals surface area contributed by atoms with Gasteiger partial charge in [0.2, 0.25) is 5.91 Å². The number of carbonyl (C=O) groups excluding carboxylic acids is 1. The summed E-state index contributed by atoms with van der Waals surface area (Å²) in [5.74, 6) is 1.24. The van der Waals surface area contributed by atoms with E-state index in [4.69, 9.17) is 9.47 Å². The maximum Gasteiger partial charge on any atom is 0.237 e. The van der Waals surface area contributed by atoms with Crippen molar-refractivity contribution in [2.24, 2.45) is 0 Å². The van der Waals surface area contributed by atoms with Crippen molar-refractivity contribution in [3.63, 3.8) is 0 Å². The van der Waals surface area contributed by atoms with Gasteiger partial charge in [-0.3, -0.25) is 9.00 Å². The molecule has 1 aliphatic rings. The van der Waals surface area contributed by atoms with Crippen LogP contribution < -0.4 is 14.8 Å². The number of benzene rings is 2. The number of anilines is 1. The van der Waals surface area contributed by atoms with Crippen molar-refractivity contribution in [2.75, 3.05) is 24.3 Å². The number of fused-ring (bicyclic) bond motifs is 1. The summed E-state index contributed by atoms with van der Waals surface area (Å²) in [6.45, 7) is 2.97. The molecule has 0 fully saturated rings. The Morgan fingerprint density at radius 3 is 2.67 bits per heavy atom. The van der Waals surface area contributed by atoms with Crippen molar-refractivity contribution in [2.45, 2.75) is 12.7 Å². The summed E-state index contributed by atoms with van der Waals surface area (Å²) < 4.78 is 23.4. The zero-order valence-electron chi connectivity index (χ0n) is 13.4. The van der Waals surface area contributed by atoms with E-state index in [1.165, 1.54) is 0 Å². The van der Waals surface area contributed by atoms with Gasteiger partial charge in [-0.1, -0.05) is 29.8 Å². The second kappa shape index (κ2) is 7.49. The maximum atomic E-state index is 12.3. The summed E-state index contributed by atoms with van der Waals surface area (Å²) >= 11 is 0. The predicted molar refractivity (Wildman–Crippen MR) is 94.0 cm³/mol. The standard InChI is InChI=1S/C18H19NO4S/c1-13-5-7-15(8-6-13)19-17(20)12-24(21)11-14-3-2-4-16-18(14)23-10-9-22-16/h2-8H,9-12H2,1H3,(H,19,20)/t24-/m0/s1. The van der Waals surface area contributed by atoms with Gasteiger partial charge in [0, 0.05) is 22.1 Å². The number of para-hydroxylation sites is 1. The average molecular weight is 345 g/mol. The van der Waals surface area contributed by atoms with E-state index < -0.39 is 10.8 Å². The largest absolute Gasteiger partial charge is 0.486 e. The molecule has 3 rings (SSSR count). The molecule has 0 saturated carbocycles. The van der Waals surface area contributed by atoms with Gasteiger partial charge in [-0.05, 0) is 25.1 Å². The molecule has 0 unspecified atom stereocenters. The van der Waals surface area contributed by atoms with Crippen molar-refractivity contribution in [1.82, 2.24) is 0 Å². The van der Waals surface area contributed by atoms with Crippen molar-refractivity contribution in [3.8, 4) is 11.5 Å². The topological polar surface area (TPSA) is 64.6 Å². The SMILES string of the molecule is Cc1ccc(NC(=O)C[S@@](=O)Cc2cccc3c2OCCO3)cc1. The fraction of sp³-hybridized carbons (Fsp3) is 0.278. The van der Waals surface area contributed by atoms with E-state index in [0.717, 1.165) is 11.1 Å². The number of nitrogens with one attached hydrogen (secondary N) is 1. The zero-order valence-corrected chi connectivity index (χ0v) is 14.2. The monoisotopic (exact) mass is 345 g/mol. The third kappa shape index (κ3) is 4.14. The van der Waals surface area contributed by atoms with E-state index in [0.29, 0.717) is 30.4 Å². The van der Waals surface area contributed by atoms with Gasteiger partial charge in [0.1, 0.15) is 19.0 Å². The number of amides is 1. The fourth-order valence-corrected chi connectivity index (χ4v) is 3.49. The van der Waals surface area contributed by atoms with E-state index in [9.17, 15) is 9.00 Å². The lowest BCUT2D eigenvalue weighted by Crippen LogP contribution is -2.21. The molecule has 1 N–H and O–H groups in total. The van der Waals surface area contributed by atoms with Crippen LogP contribution >= 0.6 is 0 Å². The Morgan fingerprint density at radius 2 is 1.88 bits per heavy atom. The molecule has 2 aromatic carbocycles. The molecule has 1 aliphatic heterocycles. The number of aryl methyl sites for hydroxylation is 1. The summed E-state index contributed by atoms with van der Waals surface area (Å²) in [5, 5.41) is 2.76. The van der Waals surface area contributed by atoms with Crippen molar-refractivity contribution >= 4 is 22.4 Å². The van der Waals surface area contributed by atoms with Gasteiger partial charge in [0.05, 0.1) is 5.75 Å². The Morgan fingerprint density at radius 1 is 1.12 bits per heavy atom. The predicted octanol–water partition coefficient (Wildman–Crippen LogP) is 2.65. The second-order valence-electron chi connectivity index (χ2n) is 5.58. The third-order valence-corrected chi connectivity index (χ3v) is 4.81. The summed E-state index contributed by atoms with van der Waals surface area (Å²) in [7, 11) is -1.32. The van der Waals surface area contributed by atoms with Gasteiger partial charge >= 0.3 is 0 Å². The van der Waals surface area contributed by atoms with E-state index in [2.05, 4.69) is 5.32 Å². The van der Waals surface area contributed by atoms with Crippen LogP contribution in [0.5, 0.6) is 11.5 Å². The van der Waals surface area contributed by atoms with Gasteiger partial charge in [-0.25, -0.2) is 0 Å². The Bertz CT molecular complexity index is 758. The molecule has 6 heteroatoms. The molecule has 1 heterocycles. The number of carbonyl (C=O) groups is 1. The lowest BCUT2D eigenvalue weighted by molar-refractivity contribution is -0.113. The highest BCUT2D eigenvalue weighted by Crippen LogP contribution is 2.34. The minimum absolute atomic E-state index is 0.0571. The first-order valence-electron chi connectivity index (χ1n) is 7.71. The lowest BCUT2D eigenvalue weighted by atomic mass is 10.2. The molecule has 24 heavy (non-hydrogen) atoms. The first-order chi connectivity index (χ1) is 11.6. The molecule has 5 nitrogen and oxygen atoms in total. The van der Waals surface area contributed by atoms with E-state index in [1.807, 2.05) is 49.4 Å². The first kappa shape index (κ1) is 16.5. The Labute approximate surface area is 143 Å². The number of rotatable bonds is 5. The van der Waals surface area contributed by atoms with E-state index in [1.54, 1.807) is 0 Å². The molecule has 1 amide bonds. The highest BCUT2D eigenvalue weighted by Gasteiger charge is 2.18. The molecule has 0 aliphatic carbocycles. The lowest BCUT2D eigenvalue weighted by Gasteiger charge is -2.20. The van der Waals surface area contributed by atoms with E-state index in [-0.39, 0.29) is 17.4 Å². The molecular formula is C18H19NO4S. The van der Waals surface area contributed by atoms with Crippen LogP contribution in [0.25, 0.3) is 0 Å². The normalized spacial score (nSPS) is 14.0. The van der Waals surface area contributed by atoms with Crippen molar-refractivity contribution in [1.29, 1.82) is 0 Å². The van der Waals surface area contributed by atoms with Gasteiger partial charge in [-0.15, -0.1) is 0 Å². The molecule has 126 valence electrons. The zero-order chi connectivity index (χ0) is 16.9. The average Bonchev–Trinajstić information content (AvgIpc) is 2.57. The number of ether oxygens (including phenoxy) is 2. The third-order valence-electron chi connectivity index (χ3n) is 3.59. The molecule has 0 bridgehead atoms. The van der Waals surface area contributed by atoms with Crippen LogP contribution in [-0.4, -0.2) is 29.1 Å². The van der Waals surface area contributed by atoms with Gasteiger partial charge in [-0.2, -0.15) is 0 Å². The Hall–Kier alpha value is -2.34. The summed E-state index contributed by atoms with van der Waals surface area (Å²) in [6, 6.07) is 13.0. The molecule has 0 radical (unpaired) electrons. The van der Waals surface area contributed by atoms with Gasteiger partial charge in [0.25, 0.3) is 0 Å². The molecular weight excluding hydrogens is 326 g/mol. The van der Waals surface area contributed by atoms with Crippen LogP contribution in [0.2, 0.25) is 0 Å². The Kier molecular flexibility index (Phi) is 5.15. The minimum atomic E-state index is -1.32. The Balaban J connectivity index is 1.59. The van der Waals surface area contributed by atoms with Gasteiger partial charge in [0.15, 0.2) is 11.5 Å². The quantitative estimate of drug-likeness (QED) is 0.905. The van der Waals surface area contributed by atoms with Crippen LogP contribution in [-0.2, 0) is 21.3 Å². The molecule has 1 atom stereocenters. The van der Waals surface area contributed by atoms with Crippen LogP contribution in [0.15, 0.2) is 42.5 Å². The molecule has 0 saturated heterocycles. The minimum Gasteiger partial charge on any atom is -0.486 e. The summed E-state index contributed by atoms with van der Waals surface area (Å²) in [4.78, 5) is 12.0. The molecule has 0 spiro atoms. The second-order valence-corrected chi connectivity index (χ2v) is 7.04. The number of hydrogen-bond donors (Lipinski definition) is 1. The van der Waals surface area contributed by atoms with Gasteiger partial charge < -0.3 is 14.8 Å². The van der Waals surface area contributed by atoms with Crippen LogP contribution in [0.3, 0.4) is 0 Å². The van der Waals surface area contributed by atoms with Crippen molar-refractivity contribution < 1.29 is 18.5 Å². The fourth-order valence-electron chi connectivity index (χ4n) is 2.45. The first-order valence-corrected chi connectivity index (χ1v) is 9.19. The van der Waals surface area contributed by atoms with Crippen LogP contribution in [0, 0.1) is 6.92 Å². The smallest absolute Gasteiger partial charge is 0.237 e. The highest BCUT2D eigenvalue weighted by molar-refractivity contribution is 7.85. The molecule has 2 aromatic rings. The summed E-state index contributed by atoms with van der Waals surface area (Å²) in [6.07, 6.45) is 0. The van der Waals surface area contributed by atoms with Crippen molar-refractivity contribution in [3.05, 3.63) is 53.6 Å². The van der Waals surface area contributed by atoms with Crippen LogP contribution in [0.4, 0.5) is 5.69 Å². The highest BCUT2D eigenvalue weighted by atomic mass is 32.2. The van der Waals surface area contributed by atoms with E-state index >= 15 is 0 Å². The maximum absolute atomic E-state index is 12.3. The van der Waals surface area contributed by atoms with Crippen LogP contribution in [0.1, 0.15) is 11.1 Å². The number of hydrogen-bond acceptors (Lipinski definition) is 4. The summed E-state index contributed by atoms with van der Waals surface area (Å²) in [5.41, 5.74) is 2.62.